The highest BCUT2D eigenvalue weighted by atomic mass is 35.5. The number of hydrogen-bond acceptors (Lipinski definition) is 4. The minimum atomic E-state index is -1.18. The van der Waals surface area contributed by atoms with Gasteiger partial charge in [0.2, 0.25) is 0 Å². The Bertz CT molecular complexity index is 503. The van der Waals surface area contributed by atoms with Crippen molar-refractivity contribution in [3.8, 4) is 0 Å². The van der Waals surface area contributed by atoms with E-state index in [1.165, 1.54) is 7.11 Å². The first-order valence-electron chi connectivity index (χ1n) is 6.29. The molecule has 1 spiro atoms. The van der Waals surface area contributed by atoms with Crippen molar-refractivity contribution in [1.82, 2.24) is 5.06 Å². The second kappa shape index (κ2) is 4.20. The summed E-state index contributed by atoms with van der Waals surface area (Å²) >= 11 is 6.73. The summed E-state index contributed by atoms with van der Waals surface area (Å²) in [6.45, 7) is 0. The van der Waals surface area contributed by atoms with Gasteiger partial charge in [0.1, 0.15) is 5.60 Å². The van der Waals surface area contributed by atoms with Crippen LogP contribution in [0.1, 0.15) is 24.4 Å². The third-order valence-corrected chi connectivity index (χ3v) is 4.73. The number of rotatable bonds is 2. The quantitative estimate of drug-likeness (QED) is 0.616. The fourth-order valence-electron chi connectivity index (χ4n) is 2.98. The molecule has 2 aliphatic rings. The summed E-state index contributed by atoms with van der Waals surface area (Å²) in [5, 5.41) is 1.69. The van der Waals surface area contributed by atoms with Crippen LogP contribution in [0, 0.1) is 0 Å². The van der Waals surface area contributed by atoms with Gasteiger partial charge in [-0.25, -0.2) is 4.79 Å². The highest BCUT2D eigenvalue weighted by Crippen LogP contribution is 2.63. The fourth-order valence-corrected chi connectivity index (χ4v) is 3.55. The van der Waals surface area contributed by atoms with Gasteiger partial charge >= 0.3 is 5.97 Å². The van der Waals surface area contributed by atoms with Crippen molar-refractivity contribution in [3.63, 3.8) is 0 Å². The number of carbonyl (C=O) groups excluding carboxylic acids is 1. The molecule has 1 heterocycles. The van der Waals surface area contributed by atoms with E-state index in [9.17, 15) is 4.79 Å². The Morgan fingerprint density at radius 3 is 2.58 bits per heavy atom. The summed E-state index contributed by atoms with van der Waals surface area (Å²) in [6.07, 6.45) is 1.55. The molecule has 1 aromatic carbocycles. The van der Waals surface area contributed by atoms with Gasteiger partial charge < -0.3 is 4.74 Å². The Kier molecular flexibility index (Phi) is 2.85. The van der Waals surface area contributed by atoms with E-state index in [1.807, 2.05) is 37.4 Å². The van der Waals surface area contributed by atoms with E-state index >= 15 is 0 Å². The summed E-state index contributed by atoms with van der Waals surface area (Å²) in [7, 11) is 3.17. The van der Waals surface area contributed by atoms with Crippen LogP contribution in [-0.2, 0) is 14.4 Å². The second-order valence-corrected chi connectivity index (χ2v) is 5.74. The van der Waals surface area contributed by atoms with E-state index in [1.54, 1.807) is 5.06 Å². The van der Waals surface area contributed by atoms with Crippen molar-refractivity contribution in [2.75, 3.05) is 14.2 Å². The Balaban J connectivity index is 2.08. The maximum atomic E-state index is 12.3. The largest absolute Gasteiger partial charge is 0.468 e. The van der Waals surface area contributed by atoms with Gasteiger partial charge in [-0.2, -0.15) is 5.06 Å². The van der Waals surface area contributed by atoms with Crippen LogP contribution >= 0.6 is 11.6 Å². The molecule has 1 saturated carbocycles. The van der Waals surface area contributed by atoms with Crippen LogP contribution < -0.4 is 0 Å². The summed E-state index contributed by atoms with van der Waals surface area (Å²) in [5.74, 6) is -0.426. The lowest BCUT2D eigenvalue weighted by molar-refractivity contribution is -0.158. The summed E-state index contributed by atoms with van der Waals surface area (Å²) in [5.41, 5.74) is 0.339. The van der Waals surface area contributed by atoms with Crippen molar-refractivity contribution >= 4 is 17.6 Å². The lowest BCUT2D eigenvalue weighted by Gasteiger charge is -2.29. The topological polar surface area (TPSA) is 38.8 Å². The third kappa shape index (κ3) is 1.64. The average molecular weight is 282 g/mol. The minimum absolute atomic E-state index is 0.342. The first kappa shape index (κ1) is 12.9. The van der Waals surface area contributed by atoms with Gasteiger partial charge in [-0.3, -0.25) is 4.84 Å². The Labute approximate surface area is 117 Å². The molecule has 5 heteroatoms. The summed E-state index contributed by atoms with van der Waals surface area (Å²) in [4.78, 5) is 16.9. The zero-order valence-electron chi connectivity index (χ0n) is 10.9. The highest BCUT2D eigenvalue weighted by Gasteiger charge is 2.74. The van der Waals surface area contributed by atoms with E-state index in [2.05, 4.69) is 0 Å². The van der Waals surface area contributed by atoms with E-state index < -0.39 is 16.4 Å². The SMILES string of the molecule is COC(=O)[C@]1(Cl)[C@@H](c2ccccc2)N(C)OC12CC2. The molecule has 0 amide bonds. The van der Waals surface area contributed by atoms with Crippen LogP contribution in [0.4, 0.5) is 0 Å². The number of hydroxylamine groups is 2. The number of nitrogens with zero attached hydrogens (tertiary/aromatic N) is 1. The number of carbonyl (C=O) groups is 1. The lowest BCUT2D eigenvalue weighted by atomic mass is 9.87. The molecule has 3 rings (SSSR count). The minimum Gasteiger partial charge on any atom is -0.468 e. The fraction of sp³-hybridized carbons (Fsp3) is 0.500. The zero-order valence-corrected chi connectivity index (χ0v) is 11.7. The van der Waals surface area contributed by atoms with Crippen molar-refractivity contribution in [1.29, 1.82) is 0 Å². The molecule has 1 aliphatic heterocycles. The van der Waals surface area contributed by atoms with Crippen molar-refractivity contribution in [3.05, 3.63) is 35.9 Å². The number of hydrogen-bond donors (Lipinski definition) is 0. The predicted octanol–water partition coefficient (Wildman–Crippen LogP) is 2.29. The number of methoxy groups -OCH3 is 1. The standard InChI is InChI=1S/C14H16ClNO3/c1-16-11(10-6-4-3-5-7-10)14(15,12(17)18-2)13(19-16)8-9-13/h3-7,11H,8-9H2,1-2H3/t11-,14-/m1/s1. The number of halogens is 1. The monoisotopic (exact) mass is 281 g/mol. The Morgan fingerprint density at radius 2 is 2.05 bits per heavy atom. The maximum absolute atomic E-state index is 12.3. The zero-order chi connectivity index (χ0) is 13.7. The van der Waals surface area contributed by atoms with E-state index in [-0.39, 0.29) is 6.04 Å². The molecule has 2 atom stereocenters. The van der Waals surface area contributed by atoms with Crippen LogP contribution in [0.25, 0.3) is 0 Å². The van der Waals surface area contributed by atoms with Gasteiger partial charge in [0.25, 0.3) is 0 Å². The maximum Gasteiger partial charge on any atom is 0.332 e. The molecular formula is C14H16ClNO3. The Hall–Kier alpha value is -1.10. The molecule has 2 fully saturated rings. The summed E-state index contributed by atoms with van der Waals surface area (Å²) in [6, 6.07) is 9.34. The number of benzene rings is 1. The molecule has 0 radical (unpaired) electrons. The smallest absolute Gasteiger partial charge is 0.332 e. The van der Waals surface area contributed by atoms with Crippen LogP contribution in [0.3, 0.4) is 0 Å². The molecule has 1 saturated heterocycles. The van der Waals surface area contributed by atoms with Gasteiger partial charge in [-0.05, 0) is 18.4 Å². The van der Waals surface area contributed by atoms with Gasteiger partial charge in [0.15, 0.2) is 4.87 Å². The number of esters is 1. The normalized spacial score (nSPS) is 32.5. The predicted molar refractivity (Wildman–Crippen MR) is 70.6 cm³/mol. The van der Waals surface area contributed by atoms with Gasteiger partial charge in [0.05, 0.1) is 13.2 Å². The first-order chi connectivity index (χ1) is 9.05. The molecule has 102 valence electrons. The van der Waals surface area contributed by atoms with Gasteiger partial charge in [0, 0.05) is 7.05 Å². The van der Waals surface area contributed by atoms with Gasteiger partial charge in [-0.1, -0.05) is 30.3 Å². The molecular weight excluding hydrogens is 266 g/mol. The lowest BCUT2D eigenvalue weighted by Crippen LogP contribution is -2.48. The van der Waals surface area contributed by atoms with Crippen LogP contribution in [0.2, 0.25) is 0 Å². The molecule has 0 aromatic heterocycles. The molecule has 0 unspecified atom stereocenters. The molecule has 0 bridgehead atoms. The molecule has 0 N–H and O–H groups in total. The van der Waals surface area contributed by atoms with Gasteiger partial charge in [-0.15, -0.1) is 11.6 Å². The number of alkyl halides is 1. The van der Waals surface area contributed by atoms with E-state index in [4.69, 9.17) is 21.2 Å². The first-order valence-corrected chi connectivity index (χ1v) is 6.67. The Morgan fingerprint density at radius 1 is 1.42 bits per heavy atom. The van der Waals surface area contributed by atoms with Crippen molar-refractivity contribution < 1.29 is 14.4 Å². The van der Waals surface area contributed by atoms with E-state index in [0.717, 1.165) is 18.4 Å². The molecule has 1 aromatic rings. The van der Waals surface area contributed by atoms with Crippen LogP contribution in [0.5, 0.6) is 0 Å². The molecule has 1 aliphatic carbocycles. The highest BCUT2D eigenvalue weighted by molar-refractivity contribution is 6.36. The van der Waals surface area contributed by atoms with Crippen LogP contribution in [-0.4, -0.2) is 35.7 Å². The second-order valence-electron chi connectivity index (χ2n) is 5.15. The van der Waals surface area contributed by atoms with Crippen molar-refractivity contribution in [2.45, 2.75) is 29.4 Å². The molecule has 4 nitrogen and oxygen atoms in total. The summed E-state index contributed by atoms with van der Waals surface area (Å²) < 4.78 is 4.94. The average Bonchev–Trinajstić information content (AvgIpc) is 3.15. The van der Waals surface area contributed by atoms with Crippen LogP contribution in [0.15, 0.2) is 30.3 Å². The van der Waals surface area contributed by atoms with Crippen molar-refractivity contribution in [2.24, 2.45) is 0 Å². The third-order valence-electron chi connectivity index (χ3n) is 4.02. The number of ether oxygens (including phenoxy) is 1. The van der Waals surface area contributed by atoms with E-state index in [0.29, 0.717) is 0 Å². The molecule has 19 heavy (non-hydrogen) atoms.